The fourth-order valence-corrected chi connectivity index (χ4v) is 22.4. The van der Waals surface area contributed by atoms with Crippen LogP contribution in [-0.4, -0.2) is 170 Å². The topological polar surface area (TPSA) is 381 Å². The molecule has 0 radical (unpaired) electrons. The molecule has 0 saturated heterocycles. The molecule has 0 saturated carbocycles. The van der Waals surface area contributed by atoms with Crippen LogP contribution >= 0.6 is 35.3 Å². The minimum Gasteiger partial charge on any atom is -0.473 e. The molecule has 0 unspecified atom stereocenters. The van der Waals surface area contributed by atoms with Crippen LogP contribution in [0.3, 0.4) is 0 Å². The number of halogens is 2. The van der Waals surface area contributed by atoms with Crippen molar-refractivity contribution in [2.24, 2.45) is 0 Å². The minimum atomic E-state index is -4.05. The van der Waals surface area contributed by atoms with Crippen molar-refractivity contribution in [3.05, 3.63) is 238 Å². The van der Waals surface area contributed by atoms with Crippen molar-refractivity contribution in [2.75, 3.05) is 44.7 Å². The summed E-state index contributed by atoms with van der Waals surface area (Å²) < 4.78 is 175. The molecule has 0 bridgehead atoms. The molecule has 0 aliphatic heterocycles. The average Bonchev–Trinajstić information content (AvgIpc) is 1.63. The predicted molar refractivity (Wildman–Crippen MR) is 437 cm³/mol. The Bertz CT molecular complexity index is 6830. The van der Waals surface area contributed by atoms with Crippen LogP contribution in [0.2, 0.25) is 0 Å². The Hall–Kier alpha value is -10.6. The zero-order valence-corrected chi connectivity index (χ0v) is 71.8. The molecule has 15 aromatic rings. The van der Waals surface area contributed by atoms with E-state index in [9.17, 15) is 50.9 Å². The van der Waals surface area contributed by atoms with Crippen molar-refractivity contribution in [3.8, 4) is 11.8 Å². The van der Waals surface area contributed by atoms with Gasteiger partial charge in [0.15, 0.2) is 52.7 Å². The van der Waals surface area contributed by atoms with Gasteiger partial charge in [0.1, 0.15) is 39.9 Å². The maximum Gasteiger partial charge on any atom is 0.255 e. The number of rotatable bonds is 20. The Balaban J connectivity index is 0.000000144. The van der Waals surface area contributed by atoms with Crippen molar-refractivity contribution in [3.63, 3.8) is 0 Å². The van der Waals surface area contributed by atoms with Gasteiger partial charge in [0.2, 0.25) is 49.2 Å². The average molecular weight is 1750 g/mol. The molecule has 0 aliphatic rings. The van der Waals surface area contributed by atoms with Crippen LogP contribution in [0.4, 0.5) is 8.78 Å². The number of hydrogen-bond acceptors (Lipinski definition) is 27. The van der Waals surface area contributed by atoms with Crippen LogP contribution in [0.15, 0.2) is 234 Å². The van der Waals surface area contributed by atoms with Crippen molar-refractivity contribution in [1.29, 1.82) is 0 Å². The van der Waals surface area contributed by atoms with E-state index in [2.05, 4.69) is 50.4 Å². The number of nitrogens with zero attached hydrogens (tertiary/aromatic N) is 15. The molecular formula is C78H79F2N15O14S8. The molecule has 0 atom stereocenters. The summed E-state index contributed by atoms with van der Waals surface area (Å²) >= 11 is 3.95. The minimum absolute atomic E-state index is 0.0186. The van der Waals surface area contributed by atoms with E-state index in [1.807, 2.05) is 72.9 Å². The van der Waals surface area contributed by atoms with Gasteiger partial charge in [-0.3, -0.25) is 0 Å². The predicted octanol–water partition coefficient (Wildman–Crippen LogP) is 12.5. The van der Waals surface area contributed by atoms with Crippen LogP contribution in [0.1, 0.15) is 63.9 Å². The van der Waals surface area contributed by atoms with Gasteiger partial charge in [-0.25, -0.2) is 98.4 Å². The van der Waals surface area contributed by atoms with Gasteiger partial charge >= 0.3 is 0 Å². The van der Waals surface area contributed by atoms with Gasteiger partial charge in [0.05, 0.1) is 37.7 Å². The number of aliphatic hydroxyl groups excluding tert-OH is 2. The summed E-state index contributed by atoms with van der Waals surface area (Å²) in [7, 11) is -19.1. The number of aliphatic hydroxyl groups is 2. The second-order valence-corrected chi connectivity index (χ2v) is 38.2. The maximum atomic E-state index is 13.1. The number of sulfone groups is 5. The van der Waals surface area contributed by atoms with E-state index in [1.54, 1.807) is 134 Å². The van der Waals surface area contributed by atoms with Gasteiger partial charge in [0.25, 0.3) is 11.8 Å². The largest absolute Gasteiger partial charge is 0.473 e. The lowest BCUT2D eigenvalue weighted by Gasteiger charge is -2.06. The molecular weight excluding hydrogens is 1670 g/mol. The summed E-state index contributed by atoms with van der Waals surface area (Å²) in [5.74, 6) is -0.507. The molecule has 0 fully saturated rings. The Morgan fingerprint density at radius 3 is 0.821 bits per heavy atom. The highest BCUT2D eigenvalue weighted by Crippen LogP contribution is 2.39. The van der Waals surface area contributed by atoms with Crippen molar-refractivity contribution in [1.82, 2.24) is 73.0 Å². The van der Waals surface area contributed by atoms with E-state index in [-0.39, 0.29) is 104 Å². The fourth-order valence-electron chi connectivity index (χ4n) is 12.2. The molecule has 612 valence electrons. The van der Waals surface area contributed by atoms with Gasteiger partial charge in [-0.1, -0.05) is 61.5 Å². The molecule has 15 rings (SSSR count). The summed E-state index contributed by atoms with van der Waals surface area (Å²) in [6.07, 6.45) is 3.57. The molecule has 10 heterocycles. The first-order valence-corrected chi connectivity index (χ1v) is 46.3. The second kappa shape index (κ2) is 36.1. The Kier molecular flexibility index (Phi) is 26.9. The zero-order valence-electron chi connectivity index (χ0n) is 65.2. The third-order valence-electron chi connectivity index (χ3n) is 17.2. The number of ether oxygens (including phenoxy) is 2. The molecule has 0 amide bonds. The quantitative estimate of drug-likeness (QED) is 0.0528. The fraction of sp³-hybridized carbons (Fsp3) is 0.231. The van der Waals surface area contributed by atoms with E-state index in [4.69, 9.17) is 19.7 Å². The van der Waals surface area contributed by atoms with E-state index in [0.717, 1.165) is 64.2 Å². The SMILES string of the molecule is CCSc1nn2c(C)cc(C)nc2c1S(=O)(=O)c1ccccc1.CSc1nn2c(C)cc(C)nc2c1S(=O)(=O)c1ccc(F)cc1.CSc1nn2c(C)cc(C)nc2c1S(=O)(=O)c1ccccc1.Cc1cc(C)n2nc(OCCO)c(S(=O)(=O)c3ccc(F)cc3)c2n1.Cc1cc(C)n2nc(OCCO)c(S(=O)(=O)c3ccccc3)c2n1. The highest BCUT2D eigenvalue weighted by Gasteiger charge is 2.35. The molecule has 0 spiro atoms. The van der Waals surface area contributed by atoms with Gasteiger partial charge in [-0.05, 0) is 203 Å². The molecule has 29 nitrogen and oxygen atoms in total. The first kappa shape index (κ1) is 87.2. The smallest absolute Gasteiger partial charge is 0.255 e. The highest BCUT2D eigenvalue weighted by molar-refractivity contribution is 8.00. The number of fused-ring (bicyclic) bond motifs is 5. The highest BCUT2D eigenvalue weighted by atomic mass is 32.2. The van der Waals surface area contributed by atoms with Gasteiger partial charge in [-0.15, -0.1) is 45.5 Å². The van der Waals surface area contributed by atoms with Gasteiger partial charge < -0.3 is 19.7 Å². The summed E-state index contributed by atoms with van der Waals surface area (Å²) in [5, 5.41) is 40.9. The van der Waals surface area contributed by atoms with E-state index in [1.165, 1.54) is 85.2 Å². The molecule has 0 aliphatic carbocycles. The van der Waals surface area contributed by atoms with Gasteiger partial charge in [0, 0.05) is 56.9 Å². The normalized spacial score (nSPS) is 11.9. The summed E-state index contributed by atoms with van der Waals surface area (Å²) in [6, 6.07) is 43.3. The third kappa shape index (κ3) is 18.3. The second-order valence-electron chi connectivity index (χ2n) is 25.9. The van der Waals surface area contributed by atoms with Crippen LogP contribution in [0.5, 0.6) is 11.8 Å². The first-order valence-electron chi connectivity index (χ1n) is 35.5. The van der Waals surface area contributed by atoms with Gasteiger partial charge in [-0.2, -0.15) is 15.3 Å². The van der Waals surface area contributed by atoms with Crippen LogP contribution in [0, 0.1) is 80.9 Å². The number of aryl methyl sites for hydroxylation is 10. The molecule has 5 aromatic carbocycles. The van der Waals surface area contributed by atoms with Crippen LogP contribution < -0.4 is 9.47 Å². The van der Waals surface area contributed by atoms with Crippen molar-refractivity contribution < 1.29 is 70.6 Å². The zero-order chi connectivity index (χ0) is 84.8. The molecule has 2 N–H and O–H groups in total. The molecule has 10 aromatic heterocycles. The first-order chi connectivity index (χ1) is 55.5. The van der Waals surface area contributed by atoms with Crippen molar-refractivity contribution in [2.45, 2.75) is 140 Å². The Labute approximate surface area is 686 Å². The Morgan fingerprint density at radius 1 is 0.333 bits per heavy atom. The molecule has 117 heavy (non-hydrogen) atoms. The summed E-state index contributed by atoms with van der Waals surface area (Å²) in [5.41, 5.74) is 8.86. The van der Waals surface area contributed by atoms with Crippen molar-refractivity contribution >= 4 is 113 Å². The monoisotopic (exact) mass is 1740 g/mol. The molecule has 39 heteroatoms. The maximum absolute atomic E-state index is 13.1. The summed E-state index contributed by atoms with van der Waals surface area (Å²) in [4.78, 5) is 22.5. The lowest BCUT2D eigenvalue weighted by atomic mass is 10.3. The van der Waals surface area contributed by atoms with Crippen LogP contribution in [-0.2, 0) is 49.2 Å². The Morgan fingerprint density at radius 2 is 0.564 bits per heavy atom. The number of thioether (sulfide) groups is 3. The van der Waals surface area contributed by atoms with E-state index in [0.29, 0.717) is 49.1 Å². The third-order valence-corrected chi connectivity index (χ3v) is 28.8. The van der Waals surface area contributed by atoms with Crippen LogP contribution in [0.25, 0.3) is 28.2 Å². The standard InChI is InChI=1S/C16H16FN3O4S.C16H17N3O4S.C16H17N3O2S2.C15H14FN3O2S2.C15H15N3O2S2/c1-10-9-11(2)20-15(18-10)14(16(19-20)24-8-7-21)25(22,23)13-5-3-12(17)4-6-13;1-11-10-12(2)19-15(17-11)14(16(18-19)23-9-8-20)24(21,22)13-6-4-3-5-7-13;1-4-22-16-14(23(20,21)13-8-6-5-7-9-13)15-17-11(2)10-12(3)19(15)18-16;1-9-8-10(2)19-14(17-9)13(15(18-19)22-3)23(20,21)12-6-4-11(16)5-7-12;1-10-9-11(2)18-14(16-10)13(15(17-18)21-3)22(19,20)12-7-5-4-6-8-12/h3-6,9,21H,7-8H2,1-2H3;3-7,10,20H,8-9H2,1-2H3;5-10H,4H2,1-3H3;4-8H,1-3H3;4-9H,1-3H3. The van der Waals surface area contributed by atoms with E-state index >= 15 is 0 Å². The lowest BCUT2D eigenvalue weighted by molar-refractivity contribution is 0.193. The number of hydrogen-bond donors (Lipinski definition) is 2. The number of aromatic nitrogens is 15. The number of benzene rings is 5. The van der Waals surface area contributed by atoms with E-state index < -0.39 is 60.8 Å². The summed E-state index contributed by atoms with van der Waals surface area (Å²) in [6.45, 7) is 19.5. The lowest BCUT2D eigenvalue weighted by Crippen LogP contribution is -2.08.